The lowest BCUT2D eigenvalue weighted by molar-refractivity contribution is 0.791. The van der Waals surface area contributed by atoms with Crippen LogP contribution in [0.2, 0.25) is 0 Å². The number of nitrogens with zero attached hydrogens (tertiary/aromatic N) is 3. The van der Waals surface area contributed by atoms with Gasteiger partial charge in [-0.05, 0) is 99.6 Å². The summed E-state index contributed by atoms with van der Waals surface area (Å²) in [6.07, 6.45) is 6.42. The average Bonchev–Trinajstić information content (AvgIpc) is 2.78. The number of aliphatic imine (C=N–C) groups is 2. The van der Waals surface area contributed by atoms with E-state index in [0.29, 0.717) is 0 Å². The first kappa shape index (κ1) is 20.8. The molecular weight excluding hydrogens is 390 g/mol. The van der Waals surface area contributed by atoms with Crippen molar-refractivity contribution in [3.63, 3.8) is 0 Å². The van der Waals surface area contributed by atoms with Crippen LogP contribution in [0.15, 0.2) is 52.4 Å². The monoisotopic (exact) mass is 421 g/mol. The minimum atomic E-state index is 0.982. The average molecular weight is 422 g/mol. The van der Waals surface area contributed by atoms with E-state index in [0.717, 1.165) is 72.7 Å². The van der Waals surface area contributed by atoms with Gasteiger partial charge in [-0.1, -0.05) is 42.5 Å². The minimum Gasteiger partial charge on any atom is -0.251 e. The number of benzene rings is 2. The summed E-state index contributed by atoms with van der Waals surface area (Å²) < 4.78 is 0. The maximum atomic E-state index is 5.27. The van der Waals surface area contributed by atoms with Gasteiger partial charge in [-0.3, -0.25) is 9.98 Å². The lowest BCUT2D eigenvalue weighted by Gasteiger charge is -2.24. The maximum Gasteiger partial charge on any atom is 0.0884 e. The van der Waals surface area contributed by atoms with Crippen molar-refractivity contribution in [2.75, 3.05) is 0 Å². The van der Waals surface area contributed by atoms with E-state index in [1.54, 1.807) is 0 Å². The Hall–Kier alpha value is -3.07. The van der Waals surface area contributed by atoms with E-state index < -0.39 is 0 Å². The maximum absolute atomic E-state index is 5.27. The van der Waals surface area contributed by atoms with Gasteiger partial charge in [0.25, 0.3) is 0 Å². The zero-order chi connectivity index (χ0) is 22.2. The minimum absolute atomic E-state index is 0.982. The number of para-hydroxylation sites is 2. The first-order valence-electron chi connectivity index (χ1n) is 11.8. The number of aryl methyl sites for hydroxylation is 6. The van der Waals surface area contributed by atoms with Crippen LogP contribution in [-0.2, 0) is 12.8 Å². The zero-order valence-corrected chi connectivity index (χ0v) is 19.6. The van der Waals surface area contributed by atoms with E-state index in [1.807, 2.05) is 0 Å². The van der Waals surface area contributed by atoms with Crippen molar-refractivity contribution in [3.05, 3.63) is 87.2 Å². The predicted molar refractivity (Wildman–Crippen MR) is 134 cm³/mol. The second-order valence-electron chi connectivity index (χ2n) is 9.31. The zero-order valence-electron chi connectivity index (χ0n) is 19.6. The van der Waals surface area contributed by atoms with E-state index in [2.05, 4.69) is 70.2 Å². The molecule has 0 saturated heterocycles. The molecule has 0 spiro atoms. The number of aromatic nitrogens is 1. The highest BCUT2D eigenvalue weighted by molar-refractivity contribution is 6.06. The van der Waals surface area contributed by atoms with E-state index in [9.17, 15) is 0 Å². The summed E-state index contributed by atoms with van der Waals surface area (Å²) in [5, 5.41) is 0. The third kappa shape index (κ3) is 3.81. The molecule has 2 aromatic carbocycles. The van der Waals surface area contributed by atoms with Gasteiger partial charge in [-0.15, -0.1) is 0 Å². The molecule has 0 radical (unpaired) electrons. The Morgan fingerprint density at radius 3 is 1.41 bits per heavy atom. The molecule has 32 heavy (non-hydrogen) atoms. The molecule has 1 aromatic heterocycles. The molecule has 0 bridgehead atoms. The third-order valence-corrected chi connectivity index (χ3v) is 6.82. The molecule has 0 atom stereocenters. The molecule has 2 aliphatic rings. The van der Waals surface area contributed by atoms with E-state index >= 15 is 0 Å². The Kier molecular flexibility index (Phi) is 5.50. The molecule has 3 aromatic rings. The third-order valence-electron chi connectivity index (χ3n) is 6.82. The molecule has 3 nitrogen and oxygen atoms in total. The van der Waals surface area contributed by atoms with Crippen molar-refractivity contribution in [1.82, 2.24) is 4.98 Å². The lowest BCUT2D eigenvalue weighted by atomic mass is 9.87. The standard InChI is InChI=1S/C29H31N3/c1-18-9-5-10-19(2)26(18)30-24-15-7-13-22-17-23-14-8-16-25(29(23)32-28(22)24)31-27-20(3)11-6-12-21(27)4/h5-6,9-12,17H,7-8,13-16H2,1-4H3/b30-24+,31-25+. The van der Waals surface area contributed by atoms with Gasteiger partial charge in [-0.2, -0.15) is 0 Å². The van der Waals surface area contributed by atoms with Crippen molar-refractivity contribution in [2.45, 2.75) is 66.2 Å². The van der Waals surface area contributed by atoms with E-state index in [-0.39, 0.29) is 0 Å². The number of pyridine rings is 1. The molecule has 0 saturated carbocycles. The fourth-order valence-corrected chi connectivity index (χ4v) is 5.06. The van der Waals surface area contributed by atoms with Crippen LogP contribution in [0.3, 0.4) is 0 Å². The predicted octanol–water partition coefficient (Wildman–Crippen LogP) is 7.23. The summed E-state index contributed by atoms with van der Waals surface area (Å²) in [6, 6.07) is 15.2. The Bertz CT molecular complexity index is 1130. The van der Waals surface area contributed by atoms with Gasteiger partial charge < -0.3 is 0 Å². The van der Waals surface area contributed by atoms with Crippen LogP contribution in [0.1, 0.15) is 70.5 Å². The molecule has 0 fully saturated rings. The SMILES string of the molecule is Cc1cccc(C)c1/N=C1\CCCc2cc3c(nc21)/C(=N/c1c(C)cccc1C)CCC3. The highest BCUT2D eigenvalue weighted by atomic mass is 14.9. The molecule has 0 unspecified atom stereocenters. The van der Waals surface area contributed by atoms with Gasteiger partial charge >= 0.3 is 0 Å². The summed E-state index contributed by atoms with van der Waals surface area (Å²) in [4.78, 5) is 15.6. The first-order chi connectivity index (χ1) is 15.5. The van der Waals surface area contributed by atoms with Crippen LogP contribution in [0.25, 0.3) is 0 Å². The molecule has 0 aliphatic heterocycles. The van der Waals surface area contributed by atoms with Gasteiger partial charge in [0.15, 0.2) is 0 Å². The first-order valence-corrected chi connectivity index (χ1v) is 11.8. The number of fused-ring (bicyclic) bond motifs is 2. The van der Waals surface area contributed by atoms with E-state index in [4.69, 9.17) is 15.0 Å². The normalized spacial score (nSPS) is 18.0. The molecule has 2 aliphatic carbocycles. The van der Waals surface area contributed by atoms with Crippen molar-refractivity contribution in [3.8, 4) is 0 Å². The molecule has 5 rings (SSSR count). The van der Waals surface area contributed by atoms with Crippen LogP contribution in [0.5, 0.6) is 0 Å². The molecule has 0 amide bonds. The molecule has 162 valence electrons. The molecular formula is C29H31N3. The molecule has 3 heteroatoms. The van der Waals surface area contributed by atoms with Gasteiger partial charge in [0.05, 0.1) is 34.2 Å². The topological polar surface area (TPSA) is 37.6 Å². The second kappa shape index (κ2) is 8.46. The number of rotatable bonds is 2. The van der Waals surface area contributed by atoms with Crippen LogP contribution in [0.4, 0.5) is 11.4 Å². The highest BCUT2D eigenvalue weighted by Crippen LogP contribution is 2.32. The van der Waals surface area contributed by atoms with Crippen LogP contribution in [-0.4, -0.2) is 16.4 Å². The van der Waals surface area contributed by atoms with Crippen LogP contribution >= 0.6 is 0 Å². The summed E-state index contributed by atoms with van der Waals surface area (Å²) >= 11 is 0. The summed E-state index contributed by atoms with van der Waals surface area (Å²) in [6.45, 7) is 8.58. The van der Waals surface area contributed by atoms with Crippen LogP contribution in [0, 0.1) is 27.7 Å². The Morgan fingerprint density at radius 2 is 1.00 bits per heavy atom. The van der Waals surface area contributed by atoms with Crippen molar-refractivity contribution >= 4 is 22.8 Å². The van der Waals surface area contributed by atoms with Gasteiger partial charge in [0.2, 0.25) is 0 Å². The van der Waals surface area contributed by atoms with Gasteiger partial charge in [0.1, 0.15) is 0 Å². The molecule has 1 heterocycles. The second-order valence-corrected chi connectivity index (χ2v) is 9.31. The highest BCUT2D eigenvalue weighted by Gasteiger charge is 2.25. The summed E-state index contributed by atoms with van der Waals surface area (Å²) in [7, 11) is 0. The fourth-order valence-electron chi connectivity index (χ4n) is 5.06. The Labute approximate surface area is 191 Å². The Balaban J connectivity index is 1.64. The van der Waals surface area contributed by atoms with Crippen molar-refractivity contribution in [1.29, 1.82) is 0 Å². The fraction of sp³-hybridized carbons (Fsp3) is 0.345. The van der Waals surface area contributed by atoms with Crippen LogP contribution < -0.4 is 0 Å². The number of hydrogen-bond donors (Lipinski definition) is 0. The quantitative estimate of drug-likeness (QED) is 0.430. The summed E-state index contributed by atoms with van der Waals surface area (Å²) in [5.41, 5.74) is 14.2. The van der Waals surface area contributed by atoms with Gasteiger partial charge in [-0.25, -0.2) is 4.98 Å². The smallest absolute Gasteiger partial charge is 0.0884 e. The number of hydrogen-bond acceptors (Lipinski definition) is 3. The Morgan fingerprint density at radius 1 is 0.594 bits per heavy atom. The summed E-state index contributed by atoms with van der Waals surface area (Å²) in [5.74, 6) is 0. The van der Waals surface area contributed by atoms with Crippen molar-refractivity contribution in [2.24, 2.45) is 9.98 Å². The lowest BCUT2D eigenvalue weighted by Crippen LogP contribution is -2.21. The van der Waals surface area contributed by atoms with E-state index in [1.165, 1.54) is 33.4 Å². The largest absolute Gasteiger partial charge is 0.251 e. The van der Waals surface area contributed by atoms with Gasteiger partial charge in [0, 0.05) is 0 Å². The molecule has 0 N–H and O–H groups in total. The van der Waals surface area contributed by atoms with Crippen molar-refractivity contribution < 1.29 is 0 Å².